The molecule has 2 aromatic heterocycles. The van der Waals surface area contributed by atoms with Crippen LogP contribution in [0.15, 0.2) is 34.2 Å². The predicted molar refractivity (Wildman–Crippen MR) is 101 cm³/mol. The number of carbonyl (C=O) groups excluding carboxylic acids is 1. The average molecular weight is 371 g/mol. The number of nitrogens with one attached hydrogen (secondary N) is 1. The molecule has 0 aliphatic heterocycles. The molecule has 0 aliphatic rings. The molecule has 0 fully saturated rings. The Morgan fingerprint density at radius 1 is 1.19 bits per heavy atom. The van der Waals surface area contributed by atoms with Crippen LogP contribution in [0.3, 0.4) is 0 Å². The molecule has 3 rings (SSSR count). The van der Waals surface area contributed by atoms with Crippen LogP contribution in [0.5, 0.6) is 0 Å². The number of aromatic nitrogens is 5. The summed E-state index contributed by atoms with van der Waals surface area (Å²) in [6, 6.07) is 7.62. The molecule has 0 unspecified atom stereocenters. The van der Waals surface area contributed by atoms with E-state index in [4.69, 9.17) is 0 Å². The molecule has 3 aromatic rings. The first-order valence-electron chi connectivity index (χ1n) is 8.40. The zero-order chi connectivity index (χ0) is 18.9. The summed E-state index contributed by atoms with van der Waals surface area (Å²) in [4.78, 5) is 27.2. The van der Waals surface area contributed by atoms with Crippen LogP contribution < -0.4 is 5.56 Å². The van der Waals surface area contributed by atoms with Gasteiger partial charge in [-0.05, 0) is 12.0 Å². The van der Waals surface area contributed by atoms with Gasteiger partial charge in [0.05, 0.1) is 5.75 Å². The van der Waals surface area contributed by atoms with Gasteiger partial charge in [-0.3, -0.25) is 14.6 Å². The summed E-state index contributed by atoms with van der Waals surface area (Å²) in [5, 5.41) is 12.9. The Bertz CT molecular complexity index is 999. The van der Waals surface area contributed by atoms with Gasteiger partial charge in [-0.2, -0.15) is 9.61 Å². The summed E-state index contributed by atoms with van der Waals surface area (Å²) in [5.41, 5.74) is 1.57. The van der Waals surface area contributed by atoms with Gasteiger partial charge in [0.1, 0.15) is 5.69 Å². The summed E-state index contributed by atoms with van der Waals surface area (Å²) in [7, 11) is 0. The van der Waals surface area contributed by atoms with Crippen LogP contribution in [-0.2, 0) is 11.8 Å². The van der Waals surface area contributed by atoms with Crippen molar-refractivity contribution in [2.75, 3.05) is 5.75 Å². The summed E-state index contributed by atoms with van der Waals surface area (Å²) in [6.07, 6.45) is 0.939. The molecule has 136 valence electrons. The van der Waals surface area contributed by atoms with Gasteiger partial charge < -0.3 is 0 Å². The number of hydrogen-bond acceptors (Lipinski definition) is 6. The highest BCUT2D eigenvalue weighted by Gasteiger charge is 2.22. The Kier molecular flexibility index (Phi) is 4.95. The molecule has 0 saturated carbocycles. The third-order valence-corrected chi connectivity index (χ3v) is 4.90. The van der Waals surface area contributed by atoms with Gasteiger partial charge in [0, 0.05) is 11.0 Å². The SMILES string of the molecule is CCc1ccc(C(=O)CSc2nnc3[nH]c(=O)c(C(C)(C)C)nn23)cc1. The van der Waals surface area contributed by atoms with E-state index in [1.165, 1.54) is 21.8 Å². The number of hydrogen-bond donors (Lipinski definition) is 1. The minimum Gasteiger partial charge on any atom is -0.293 e. The molecule has 0 spiro atoms. The standard InChI is InChI=1S/C18H21N5O2S/c1-5-11-6-8-12(9-7-11)13(24)10-26-17-21-20-16-19-15(25)14(18(2,3)4)22-23(16)17/h6-9H,5,10H2,1-4H3,(H,19,20,25). The second-order valence-electron chi connectivity index (χ2n) is 7.03. The monoisotopic (exact) mass is 371 g/mol. The van der Waals surface area contributed by atoms with Crippen LogP contribution in [0, 0.1) is 0 Å². The molecule has 8 heteroatoms. The fourth-order valence-electron chi connectivity index (χ4n) is 2.46. The van der Waals surface area contributed by atoms with Gasteiger partial charge in [0.2, 0.25) is 5.16 Å². The van der Waals surface area contributed by atoms with E-state index in [1.54, 1.807) is 0 Å². The molecule has 0 saturated heterocycles. The van der Waals surface area contributed by atoms with Gasteiger partial charge in [0.25, 0.3) is 11.3 Å². The molecule has 1 aromatic carbocycles. The van der Waals surface area contributed by atoms with Gasteiger partial charge in [-0.15, -0.1) is 10.2 Å². The fourth-order valence-corrected chi connectivity index (χ4v) is 3.24. The van der Waals surface area contributed by atoms with Crippen molar-refractivity contribution in [3.63, 3.8) is 0 Å². The third-order valence-electron chi connectivity index (χ3n) is 3.98. The molecule has 26 heavy (non-hydrogen) atoms. The van der Waals surface area contributed by atoms with Crippen LogP contribution in [0.25, 0.3) is 5.78 Å². The number of ketones is 1. The van der Waals surface area contributed by atoms with Crippen molar-refractivity contribution in [1.82, 2.24) is 24.8 Å². The number of carbonyl (C=O) groups is 1. The van der Waals surface area contributed by atoms with E-state index in [0.29, 0.717) is 16.4 Å². The molecule has 0 amide bonds. The molecule has 0 radical (unpaired) electrons. The maximum absolute atomic E-state index is 12.4. The largest absolute Gasteiger partial charge is 0.293 e. The number of fused-ring (bicyclic) bond motifs is 1. The molecular formula is C18H21N5O2S. The number of benzene rings is 1. The predicted octanol–water partition coefficient (Wildman–Crippen LogP) is 2.65. The highest BCUT2D eigenvalue weighted by atomic mass is 32.2. The lowest BCUT2D eigenvalue weighted by atomic mass is 9.93. The highest BCUT2D eigenvalue weighted by molar-refractivity contribution is 7.99. The first-order chi connectivity index (χ1) is 12.3. The number of nitrogens with zero attached hydrogens (tertiary/aromatic N) is 4. The van der Waals surface area contributed by atoms with Gasteiger partial charge in [-0.25, -0.2) is 0 Å². The molecule has 0 aliphatic carbocycles. The van der Waals surface area contributed by atoms with Gasteiger partial charge in [-0.1, -0.05) is 63.7 Å². The lowest BCUT2D eigenvalue weighted by Gasteiger charge is -2.15. The second kappa shape index (κ2) is 7.03. The van der Waals surface area contributed by atoms with E-state index in [1.807, 2.05) is 45.0 Å². The number of rotatable bonds is 5. The van der Waals surface area contributed by atoms with Crippen LogP contribution in [-0.4, -0.2) is 36.3 Å². The van der Waals surface area contributed by atoms with Gasteiger partial charge in [0.15, 0.2) is 5.78 Å². The lowest BCUT2D eigenvalue weighted by molar-refractivity contribution is 0.102. The number of Topliss-reactive ketones (excluding diaryl/α,β-unsaturated/α-hetero) is 1. The van der Waals surface area contributed by atoms with Crippen molar-refractivity contribution < 1.29 is 4.79 Å². The molecule has 1 N–H and O–H groups in total. The average Bonchev–Trinajstić information content (AvgIpc) is 3.00. The Labute approximate surface area is 155 Å². The Balaban J connectivity index is 1.82. The van der Waals surface area contributed by atoms with E-state index < -0.39 is 5.41 Å². The first-order valence-corrected chi connectivity index (χ1v) is 9.39. The maximum Gasteiger partial charge on any atom is 0.274 e. The first kappa shape index (κ1) is 18.3. The van der Waals surface area contributed by atoms with E-state index in [2.05, 4.69) is 27.2 Å². The Morgan fingerprint density at radius 2 is 1.88 bits per heavy atom. The molecule has 0 atom stereocenters. The van der Waals surface area contributed by atoms with E-state index >= 15 is 0 Å². The van der Waals surface area contributed by atoms with Crippen molar-refractivity contribution in [1.29, 1.82) is 0 Å². The lowest BCUT2D eigenvalue weighted by Crippen LogP contribution is -2.28. The van der Waals surface area contributed by atoms with Crippen LogP contribution >= 0.6 is 11.8 Å². The van der Waals surface area contributed by atoms with Crippen LogP contribution in [0.1, 0.15) is 49.3 Å². The summed E-state index contributed by atoms with van der Waals surface area (Å²) in [5.74, 6) is 0.498. The Hall–Kier alpha value is -2.48. The molecule has 0 bridgehead atoms. The zero-order valence-corrected chi connectivity index (χ0v) is 16.1. The second-order valence-corrected chi connectivity index (χ2v) is 7.98. The van der Waals surface area contributed by atoms with Crippen molar-refractivity contribution in [3.8, 4) is 0 Å². The minimum atomic E-state index is -0.412. The molecule has 2 heterocycles. The smallest absolute Gasteiger partial charge is 0.274 e. The normalized spacial score (nSPS) is 11.8. The quantitative estimate of drug-likeness (QED) is 0.547. The third kappa shape index (κ3) is 3.70. The van der Waals surface area contributed by atoms with E-state index in [-0.39, 0.29) is 22.9 Å². The van der Waals surface area contributed by atoms with Crippen molar-refractivity contribution in [2.45, 2.75) is 44.7 Å². The number of aryl methyl sites for hydroxylation is 1. The Morgan fingerprint density at radius 3 is 2.50 bits per heavy atom. The molecular weight excluding hydrogens is 350 g/mol. The topological polar surface area (TPSA) is 93.0 Å². The van der Waals surface area contributed by atoms with Crippen molar-refractivity contribution >= 4 is 23.3 Å². The summed E-state index contributed by atoms with van der Waals surface area (Å²) >= 11 is 1.25. The number of aromatic amines is 1. The number of H-pyrrole nitrogens is 1. The zero-order valence-electron chi connectivity index (χ0n) is 15.2. The van der Waals surface area contributed by atoms with Crippen LogP contribution in [0.2, 0.25) is 0 Å². The minimum absolute atomic E-state index is 0.00914. The van der Waals surface area contributed by atoms with E-state index in [0.717, 1.165) is 6.42 Å². The van der Waals surface area contributed by atoms with Crippen LogP contribution in [0.4, 0.5) is 0 Å². The van der Waals surface area contributed by atoms with Crippen molar-refractivity contribution in [3.05, 3.63) is 51.4 Å². The van der Waals surface area contributed by atoms with Crippen molar-refractivity contribution in [2.24, 2.45) is 0 Å². The highest BCUT2D eigenvalue weighted by Crippen LogP contribution is 2.20. The summed E-state index contributed by atoms with van der Waals surface area (Å²) < 4.78 is 1.49. The summed E-state index contributed by atoms with van der Waals surface area (Å²) in [6.45, 7) is 7.82. The van der Waals surface area contributed by atoms with E-state index in [9.17, 15) is 9.59 Å². The number of thioether (sulfide) groups is 1. The van der Waals surface area contributed by atoms with Gasteiger partial charge >= 0.3 is 0 Å². The fraction of sp³-hybridized carbons (Fsp3) is 0.389. The maximum atomic E-state index is 12.4. The molecule has 7 nitrogen and oxygen atoms in total.